The third-order valence-corrected chi connectivity index (χ3v) is 5.15. The Hall–Kier alpha value is -1.63. The Labute approximate surface area is 141 Å². The number of nitrogens with two attached hydrogens (primary N) is 1. The molecule has 1 saturated heterocycles. The Morgan fingerprint density at radius 1 is 1.48 bits per heavy atom. The summed E-state index contributed by atoms with van der Waals surface area (Å²) >= 11 is 1.57. The zero-order valence-corrected chi connectivity index (χ0v) is 15.1. The zero-order valence-electron chi connectivity index (χ0n) is 14.3. The predicted octanol–water partition coefficient (Wildman–Crippen LogP) is 2.41. The summed E-state index contributed by atoms with van der Waals surface area (Å²) in [6, 6.07) is -0.585. The summed E-state index contributed by atoms with van der Waals surface area (Å²) in [5, 5.41) is 5.98. The molecule has 1 aromatic heterocycles. The van der Waals surface area contributed by atoms with Crippen LogP contribution in [0.3, 0.4) is 0 Å². The number of aromatic nitrogens is 1. The summed E-state index contributed by atoms with van der Waals surface area (Å²) in [6.45, 7) is 9.34. The summed E-state index contributed by atoms with van der Waals surface area (Å²) in [6.07, 6.45) is 1.59. The number of urea groups is 1. The van der Waals surface area contributed by atoms with Crippen molar-refractivity contribution in [1.29, 1.82) is 0 Å². The van der Waals surface area contributed by atoms with E-state index in [0.29, 0.717) is 13.1 Å². The van der Waals surface area contributed by atoms with Crippen molar-refractivity contribution in [2.24, 2.45) is 11.7 Å². The lowest BCUT2D eigenvalue weighted by atomic mass is 9.93. The highest BCUT2D eigenvalue weighted by atomic mass is 32.1. The van der Waals surface area contributed by atoms with Crippen molar-refractivity contribution in [3.63, 3.8) is 0 Å². The Bertz CT molecular complexity index is 579. The van der Waals surface area contributed by atoms with Gasteiger partial charge in [0.2, 0.25) is 5.91 Å². The molecule has 0 spiro atoms. The fourth-order valence-corrected chi connectivity index (χ4v) is 3.67. The van der Waals surface area contributed by atoms with Crippen molar-refractivity contribution in [2.45, 2.75) is 52.0 Å². The molecule has 128 valence electrons. The maximum absolute atomic E-state index is 12.4. The van der Waals surface area contributed by atoms with Crippen molar-refractivity contribution >= 4 is 23.3 Å². The van der Waals surface area contributed by atoms with E-state index in [-0.39, 0.29) is 23.3 Å². The molecule has 0 bridgehead atoms. The van der Waals surface area contributed by atoms with Crippen molar-refractivity contribution < 1.29 is 9.59 Å². The third kappa shape index (κ3) is 4.43. The lowest BCUT2D eigenvalue weighted by Crippen LogP contribution is -2.47. The summed E-state index contributed by atoms with van der Waals surface area (Å²) in [5.41, 5.74) is 6.35. The number of carbonyl (C=O) groups is 2. The van der Waals surface area contributed by atoms with Gasteiger partial charge in [-0.2, -0.15) is 0 Å². The van der Waals surface area contributed by atoms with Gasteiger partial charge in [-0.15, -0.1) is 11.3 Å². The first-order chi connectivity index (χ1) is 10.7. The maximum atomic E-state index is 12.4. The SMILES string of the molecule is CC(NC(=O)C1CCCN(C(N)=O)C1)c1nc(C(C)(C)C)cs1. The number of nitrogens with one attached hydrogen (secondary N) is 1. The van der Waals surface area contributed by atoms with E-state index in [2.05, 4.69) is 31.1 Å². The van der Waals surface area contributed by atoms with Crippen molar-refractivity contribution in [2.75, 3.05) is 13.1 Å². The first kappa shape index (κ1) is 17.7. The lowest BCUT2D eigenvalue weighted by Gasteiger charge is -2.31. The Kier molecular flexibility index (Phi) is 5.29. The summed E-state index contributed by atoms with van der Waals surface area (Å²) in [7, 11) is 0. The van der Waals surface area contributed by atoms with Gasteiger partial charge >= 0.3 is 6.03 Å². The molecule has 0 saturated carbocycles. The molecular formula is C16H26N4O2S. The Morgan fingerprint density at radius 3 is 2.74 bits per heavy atom. The van der Waals surface area contributed by atoms with Crippen LogP contribution in [0.25, 0.3) is 0 Å². The molecule has 3 amide bonds. The van der Waals surface area contributed by atoms with Gasteiger partial charge in [-0.1, -0.05) is 20.8 Å². The number of amides is 3. The minimum atomic E-state index is -0.453. The predicted molar refractivity (Wildman–Crippen MR) is 91.3 cm³/mol. The molecule has 2 unspecified atom stereocenters. The van der Waals surface area contributed by atoms with E-state index in [1.54, 1.807) is 16.2 Å². The van der Waals surface area contributed by atoms with Gasteiger partial charge in [-0.25, -0.2) is 9.78 Å². The van der Waals surface area contributed by atoms with Crippen LogP contribution in [0.4, 0.5) is 4.79 Å². The first-order valence-corrected chi connectivity index (χ1v) is 8.87. The Morgan fingerprint density at radius 2 is 2.17 bits per heavy atom. The van der Waals surface area contributed by atoms with Crippen LogP contribution in [0, 0.1) is 5.92 Å². The average molecular weight is 338 g/mol. The number of carbonyl (C=O) groups excluding carboxylic acids is 2. The molecule has 2 rings (SSSR count). The summed E-state index contributed by atoms with van der Waals surface area (Å²) < 4.78 is 0. The summed E-state index contributed by atoms with van der Waals surface area (Å²) in [5.74, 6) is -0.225. The van der Waals surface area contributed by atoms with E-state index in [1.807, 2.05) is 12.3 Å². The van der Waals surface area contributed by atoms with Crippen molar-refractivity contribution in [3.8, 4) is 0 Å². The molecule has 3 N–H and O–H groups in total. The van der Waals surface area contributed by atoms with Crippen LogP contribution in [-0.2, 0) is 10.2 Å². The van der Waals surface area contributed by atoms with Gasteiger partial charge in [0.05, 0.1) is 17.7 Å². The molecule has 1 fully saturated rings. The topological polar surface area (TPSA) is 88.3 Å². The first-order valence-electron chi connectivity index (χ1n) is 7.99. The van der Waals surface area contributed by atoms with Gasteiger partial charge in [0.15, 0.2) is 0 Å². The largest absolute Gasteiger partial charge is 0.351 e. The zero-order chi connectivity index (χ0) is 17.2. The number of hydrogen-bond acceptors (Lipinski definition) is 4. The molecule has 1 aliphatic rings. The average Bonchev–Trinajstić information content (AvgIpc) is 2.97. The van der Waals surface area contributed by atoms with Crippen molar-refractivity contribution in [3.05, 3.63) is 16.1 Å². The third-order valence-electron chi connectivity index (χ3n) is 4.12. The molecule has 2 heterocycles. The second kappa shape index (κ2) is 6.86. The molecule has 1 aliphatic heterocycles. The molecule has 7 heteroatoms. The number of primary amides is 1. The molecular weight excluding hydrogens is 312 g/mol. The fourth-order valence-electron chi connectivity index (χ4n) is 2.62. The van der Waals surface area contributed by atoms with Gasteiger partial charge in [0.25, 0.3) is 0 Å². The second-order valence-electron chi connectivity index (χ2n) is 7.17. The number of rotatable bonds is 3. The quantitative estimate of drug-likeness (QED) is 0.887. The van der Waals surface area contributed by atoms with E-state index in [4.69, 9.17) is 5.73 Å². The highest BCUT2D eigenvalue weighted by Gasteiger charge is 2.29. The van der Waals surface area contributed by atoms with Crippen LogP contribution < -0.4 is 11.1 Å². The molecule has 0 aliphatic carbocycles. The highest BCUT2D eigenvalue weighted by Crippen LogP contribution is 2.27. The number of piperidine rings is 1. The number of thiazole rings is 1. The molecule has 0 aromatic carbocycles. The van der Waals surface area contributed by atoms with E-state index in [1.165, 1.54) is 0 Å². The molecule has 2 atom stereocenters. The fraction of sp³-hybridized carbons (Fsp3) is 0.688. The lowest BCUT2D eigenvalue weighted by molar-refractivity contribution is -0.126. The minimum Gasteiger partial charge on any atom is -0.351 e. The number of likely N-dealkylation sites (tertiary alicyclic amines) is 1. The van der Waals surface area contributed by atoms with Crippen LogP contribution >= 0.6 is 11.3 Å². The normalized spacial score (nSPS) is 20.2. The maximum Gasteiger partial charge on any atom is 0.314 e. The van der Waals surface area contributed by atoms with E-state index >= 15 is 0 Å². The van der Waals surface area contributed by atoms with E-state index in [0.717, 1.165) is 23.5 Å². The number of hydrogen-bond donors (Lipinski definition) is 2. The second-order valence-corrected chi connectivity index (χ2v) is 8.06. The van der Waals surface area contributed by atoms with Crippen LogP contribution in [0.5, 0.6) is 0 Å². The highest BCUT2D eigenvalue weighted by molar-refractivity contribution is 7.09. The van der Waals surface area contributed by atoms with Gasteiger partial charge in [0.1, 0.15) is 5.01 Å². The van der Waals surface area contributed by atoms with Crippen LogP contribution in [-0.4, -0.2) is 34.9 Å². The minimum absolute atomic E-state index is 0.00381. The molecule has 23 heavy (non-hydrogen) atoms. The molecule has 6 nitrogen and oxygen atoms in total. The van der Waals surface area contributed by atoms with Gasteiger partial charge < -0.3 is 16.0 Å². The number of nitrogens with zero attached hydrogens (tertiary/aromatic N) is 2. The van der Waals surface area contributed by atoms with Gasteiger partial charge in [-0.05, 0) is 19.8 Å². The Balaban J connectivity index is 1.96. The molecule has 1 aromatic rings. The van der Waals surface area contributed by atoms with Crippen LogP contribution in [0.1, 0.15) is 57.3 Å². The van der Waals surface area contributed by atoms with Crippen LogP contribution in [0.2, 0.25) is 0 Å². The van der Waals surface area contributed by atoms with Crippen LogP contribution in [0.15, 0.2) is 5.38 Å². The monoisotopic (exact) mass is 338 g/mol. The standard InChI is InChI=1S/C16H26N4O2S/c1-10(14-19-12(9-23-14)16(2,3)4)18-13(21)11-6-5-7-20(8-11)15(17)22/h9-11H,5-8H2,1-4H3,(H2,17,22)(H,18,21). The summed E-state index contributed by atoms with van der Waals surface area (Å²) in [4.78, 5) is 29.9. The smallest absolute Gasteiger partial charge is 0.314 e. The van der Waals surface area contributed by atoms with Gasteiger partial charge in [0, 0.05) is 23.9 Å². The van der Waals surface area contributed by atoms with Gasteiger partial charge in [-0.3, -0.25) is 4.79 Å². The van der Waals surface area contributed by atoms with Crippen molar-refractivity contribution in [1.82, 2.24) is 15.2 Å². The van der Waals surface area contributed by atoms with E-state index < -0.39 is 6.03 Å². The molecule has 0 radical (unpaired) electrons. The van der Waals surface area contributed by atoms with E-state index in [9.17, 15) is 9.59 Å².